The summed E-state index contributed by atoms with van der Waals surface area (Å²) in [5, 5.41) is 7.86. The predicted octanol–water partition coefficient (Wildman–Crippen LogP) is 3.62. The highest BCUT2D eigenvalue weighted by atomic mass is 35.5. The molecule has 3 nitrogen and oxygen atoms in total. The van der Waals surface area contributed by atoms with Crippen LogP contribution in [0.2, 0.25) is 5.28 Å². The van der Waals surface area contributed by atoms with Gasteiger partial charge < -0.3 is 4.57 Å². The maximum Gasteiger partial charge on any atom is 0.389 e. The van der Waals surface area contributed by atoms with Crippen LogP contribution in [0, 0.1) is 0 Å². The molecule has 0 unspecified atom stereocenters. The van der Waals surface area contributed by atoms with Crippen molar-refractivity contribution in [1.29, 1.82) is 0 Å². The second kappa shape index (κ2) is 6.23. The van der Waals surface area contributed by atoms with Crippen LogP contribution in [0.15, 0.2) is 0 Å². The van der Waals surface area contributed by atoms with Gasteiger partial charge in [-0.1, -0.05) is 6.92 Å². The van der Waals surface area contributed by atoms with E-state index in [1.165, 1.54) is 0 Å². The number of aryl methyl sites for hydroxylation is 1. The van der Waals surface area contributed by atoms with Crippen molar-refractivity contribution < 1.29 is 13.2 Å². The lowest BCUT2D eigenvalue weighted by molar-refractivity contribution is -0.135. The second-order valence-corrected chi connectivity index (χ2v) is 4.20. The minimum Gasteiger partial charge on any atom is -0.302 e. The summed E-state index contributed by atoms with van der Waals surface area (Å²) >= 11 is 5.82. The second-order valence-electron chi connectivity index (χ2n) is 3.86. The Labute approximate surface area is 103 Å². The highest BCUT2D eigenvalue weighted by molar-refractivity contribution is 6.28. The van der Waals surface area contributed by atoms with Gasteiger partial charge in [0.25, 0.3) is 0 Å². The number of rotatable bonds is 6. The third-order valence-electron chi connectivity index (χ3n) is 2.35. The molecule has 0 aromatic carbocycles. The van der Waals surface area contributed by atoms with Crippen molar-refractivity contribution in [3.05, 3.63) is 11.1 Å². The van der Waals surface area contributed by atoms with Crippen molar-refractivity contribution in [1.82, 2.24) is 14.8 Å². The van der Waals surface area contributed by atoms with E-state index in [0.717, 1.165) is 18.7 Å². The molecule has 1 aromatic rings. The van der Waals surface area contributed by atoms with Gasteiger partial charge in [0.2, 0.25) is 5.28 Å². The fourth-order valence-corrected chi connectivity index (χ4v) is 1.76. The lowest BCUT2D eigenvalue weighted by atomic mass is 10.2. The van der Waals surface area contributed by atoms with Crippen molar-refractivity contribution in [2.24, 2.45) is 0 Å². The lowest BCUT2D eigenvalue weighted by Gasteiger charge is -2.08. The molecule has 0 N–H and O–H groups in total. The van der Waals surface area contributed by atoms with Crippen LogP contribution in [0.1, 0.15) is 38.4 Å². The minimum absolute atomic E-state index is 0.101. The number of alkyl halides is 3. The first-order valence-electron chi connectivity index (χ1n) is 5.58. The Bertz CT molecular complexity index is 349. The van der Waals surface area contributed by atoms with Gasteiger partial charge in [-0.2, -0.15) is 13.2 Å². The zero-order valence-corrected chi connectivity index (χ0v) is 10.4. The van der Waals surface area contributed by atoms with Gasteiger partial charge in [-0.3, -0.25) is 0 Å². The van der Waals surface area contributed by atoms with Gasteiger partial charge >= 0.3 is 6.18 Å². The molecule has 0 atom stereocenters. The van der Waals surface area contributed by atoms with Crippen LogP contribution in [-0.4, -0.2) is 20.9 Å². The lowest BCUT2D eigenvalue weighted by Crippen LogP contribution is -2.09. The Hall–Kier alpha value is -0.780. The molecule has 0 aliphatic rings. The van der Waals surface area contributed by atoms with Crippen molar-refractivity contribution >= 4 is 11.6 Å². The Morgan fingerprint density at radius 2 is 1.94 bits per heavy atom. The Morgan fingerprint density at radius 3 is 2.53 bits per heavy atom. The van der Waals surface area contributed by atoms with Gasteiger partial charge in [-0.05, 0) is 30.9 Å². The van der Waals surface area contributed by atoms with Crippen molar-refractivity contribution in [3.8, 4) is 0 Å². The molecule has 0 amide bonds. The van der Waals surface area contributed by atoms with Crippen LogP contribution >= 0.6 is 11.6 Å². The molecule has 1 heterocycles. The average molecular weight is 270 g/mol. The Morgan fingerprint density at radius 1 is 1.24 bits per heavy atom. The molecular weight excluding hydrogens is 255 g/mol. The zero-order valence-electron chi connectivity index (χ0n) is 9.60. The van der Waals surface area contributed by atoms with E-state index < -0.39 is 12.6 Å². The molecule has 0 saturated carbocycles. The van der Waals surface area contributed by atoms with Gasteiger partial charge in [-0.15, -0.1) is 10.2 Å². The molecule has 0 radical (unpaired) electrons. The Balaban J connectivity index is 2.43. The molecule has 0 spiro atoms. The standard InChI is InChI=1S/C10H15ClF3N3/c1-2-5-8-15-16-9(11)17(8)7-4-3-6-10(12,13)14/h2-7H2,1H3. The quantitative estimate of drug-likeness (QED) is 0.739. The van der Waals surface area contributed by atoms with E-state index in [9.17, 15) is 13.2 Å². The summed E-state index contributed by atoms with van der Waals surface area (Å²) in [5.41, 5.74) is 0. The van der Waals surface area contributed by atoms with Crippen LogP contribution in [0.25, 0.3) is 0 Å². The van der Waals surface area contributed by atoms with Crippen LogP contribution in [0.5, 0.6) is 0 Å². The number of unbranched alkanes of at least 4 members (excludes halogenated alkanes) is 1. The van der Waals surface area contributed by atoms with E-state index in [0.29, 0.717) is 13.0 Å². The molecule has 0 aliphatic carbocycles. The maximum absolute atomic E-state index is 11.9. The van der Waals surface area contributed by atoms with E-state index in [4.69, 9.17) is 11.6 Å². The van der Waals surface area contributed by atoms with Gasteiger partial charge in [0.15, 0.2) is 0 Å². The largest absolute Gasteiger partial charge is 0.389 e. The average Bonchev–Trinajstić information content (AvgIpc) is 2.55. The van der Waals surface area contributed by atoms with E-state index >= 15 is 0 Å². The van der Waals surface area contributed by atoms with Crippen molar-refractivity contribution in [3.63, 3.8) is 0 Å². The fourth-order valence-electron chi connectivity index (χ4n) is 1.54. The third kappa shape index (κ3) is 4.93. The zero-order chi connectivity index (χ0) is 12.9. The summed E-state index contributed by atoms with van der Waals surface area (Å²) in [6.45, 7) is 2.44. The number of aromatic nitrogens is 3. The Kier molecular flexibility index (Phi) is 5.24. The van der Waals surface area contributed by atoms with Gasteiger partial charge in [0, 0.05) is 19.4 Å². The summed E-state index contributed by atoms with van der Waals surface area (Å²) in [4.78, 5) is 0. The molecular formula is C10H15ClF3N3. The van der Waals surface area contributed by atoms with E-state index in [-0.39, 0.29) is 11.7 Å². The first kappa shape index (κ1) is 14.3. The minimum atomic E-state index is -4.08. The normalized spacial score (nSPS) is 12.1. The van der Waals surface area contributed by atoms with Crippen molar-refractivity contribution in [2.75, 3.05) is 0 Å². The first-order valence-corrected chi connectivity index (χ1v) is 5.96. The summed E-state index contributed by atoms with van der Waals surface area (Å²) in [6, 6.07) is 0. The van der Waals surface area contributed by atoms with Gasteiger partial charge in [-0.25, -0.2) is 0 Å². The fraction of sp³-hybridized carbons (Fsp3) is 0.800. The molecule has 1 rings (SSSR count). The summed E-state index contributed by atoms with van der Waals surface area (Å²) in [5.74, 6) is 0.740. The number of nitrogens with zero attached hydrogens (tertiary/aromatic N) is 3. The monoisotopic (exact) mass is 269 g/mol. The smallest absolute Gasteiger partial charge is 0.302 e. The molecule has 1 aromatic heterocycles. The third-order valence-corrected chi connectivity index (χ3v) is 2.63. The number of halogens is 4. The predicted molar refractivity (Wildman–Crippen MR) is 58.9 cm³/mol. The molecule has 0 fully saturated rings. The topological polar surface area (TPSA) is 30.7 Å². The molecule has 0 aliphatic heterocycles. The molecule has 17 heavy (non-hydrogen) atoms. The highest BCUT2D eigenvalue weighted by Gasteiger charge is 2.25. The van der Waals surface area contributed by atoms with E-state index in [1.807, 2.05) is 6.92 Å². The van der Waals surface area contributed by atoms with Crippen LogP contribution in [0.3, 0.4) is 0 Å². The van der Waals surface area contributed by atoms with Crippen LogP contribution in [-0.2, 0) is 13.0 Å². The van der Waals surface area contributed by atoms with Crippen molar-refractivity contribution in [2.45, 2.75) is 51.7 Å². The molecule has 98 valence electrons. The number of hydrogen-bond acceptors (Lipinski definition) is 2. The van der Waals surface area contributed by atoms with Gasteiger partial charge in [0.05, 0.1) is 0 Å². The number of hydrogen-bond donors (Lipinski definition) is 0. The molecule has 0 bridgehead atoms. The van der Waals surface area contributed by atoms with E-state index in [2.05, 4.69) is 10.2 Å². The molecule has 0 saturated heterocycles. The van der Waals surface area contributed by atoms with E-state index in [1.54, 1.807) is 4.57 Å². The summed E-state index contributed by atoms with van der Waals surface area (Å²) in [7, 11) is 0. The summed E-state index contributed by atoms with van der Waals surface area (Å²) < 4.78 is 37.5. The maximum atomic E-state index is 11.9. The van der Waals surface area contributed by atoms with Gasteiger partial charge in [0.1, 0.15) is 5.82 Å². The van der Waals surface area contributed by atoms with Crippen LogP contribution < -0.4 is 0 Å². The first-order chi connectivity index (χ1) is 7.94. The SMILES string of the molecule is CCCc1nnc(Cl)n1CCCCC(F)(F)F. The molecule has 7 heteroatoms. The van der Waals surface area contributed by atoms with Crippen LogP contribution in [0.4, 0.5) is 13.2 Å². The summed E-state index contributed by atoms with van der Waals surface area (Å²) in [6.07, 6.45) is -2.67. The highest BCUT2D eigenvalue weighted by Crippen LogP contribution is 2.22.